The molecule has 0 N–H and O–H groups in total. The Hall–Kier alpha value is -5.36. The molecule has 0 spiro atoms. The van der Waals surface area contributed by atoms with Crippen molar-refractivity contribution in [2.45, 2.75) is 0 Å². The molecule has 0 saturated heterocycles. The van der Waals surface area contributed by atoms with Crippen LogP contribution >= 0.6 is 0 Å². The highest BCUT2D eigenvalue weighted by atomic mass is 16.2. The van der Waals surface area contributed by atoms with Crippen LogP contribution < -0.4 is 0 Å². The maximum Gasteiger partial charge on any atom is 0.261 e. The van der Waals surface area contributed by atoms with E-state index in [1.165, 1.54) is 23.9 Å². The maximum absolute atomic E-state index is 13.7. The fourth-order valence-corrected chi connectivity index (χ4v) is 7.27. The quantitative estimate of drug-likeness (QED) is 0.131. The molecule has 6 heteroatoms. The summed E-state index contributed by atoms with van der Waals surface area (Å²) < 4.78 is 0. The normalized spacial score (nSPS) is 15.3. The average molecular weight is 519 g/mol. The van der Waals surface area contributed by atoms with E-state index in [0.29, 0.717) is 33.0 Å². The van der Waals surface area contributed by atoms with Crippen LogP contribution in [0.5, 0.6) is 0 Å². The molecule has 40 heavy (non-hydrogen) atoms. The standard InChI is InChI=1S/C34H18N2O4/c1-35-31(37)21-13-11-19-20-12-14-22-28-26(20)24(16-8-4-6-10-18(16)30(28)34(40)36(2)32(22)38)23-15-7-3-5-9-17(15)29(33(35)39)27(21)25(19)23/h3-14H,1-2H3. The largest absolute Gasteiger partial charge is 0.277 e. The minimum Gasteiger partial charge on any atom is -0.277 e. The van der Waals surface area contributed by atoms with Crippen molar-refractivity contribution < 1.29 is 19.2 Å². The number of nitrogens with zero attached hydrogens (tertiary/aromatic N) is 2. The van der Waals surface area contributed by atoms with E-state index in [-0.39, 0.29) is 23.6 Å². The first-order valence-corrected chi connectivity index (χ1v) is 13.1. The summed E-state index contributed by atoms with van der Waals surface area (Å²) >= 11 is 0. The number of carbonyl (C=O) groups is 4. The second-order valence-corrected chi connectivity index (χ2v) is 10.8. The monoisotopic (exact) mass is 518 g/mol. The summed E-state index contributed by atoms with van der Waals surface area (Å²) in [4.78, 5) is 56.5. The molecular weight excluding hydrogens is 500 g/mol. The van der Waals surface area contributed by atoms with E-state index in [1.807, 2.05) is 60.7 Å². The second-order valence-electron chi connectivity index (χ2n) is 10.8. The lowest BCUT2D eigenvalue weighted by Gasteiger charge is -2.30. The van der Waals surface area contributed by atoms with Crippen LogP contribution in [0.25, 0.3) is 64.6 Å². The molecule has 0 saturated carbocycles. The third-order valence-electron chi connectivity index (χ3n) is 8.99. The molecule has 0 radical (unpaired) electrons. The molecule has 2 aliphatic rings. The van der Waals surface area contributed by atoms with Gasteiger partial charge in [0.2, 0.25) is 0 Å². The first-order valence-electron chi connectivity index (χ1n) is 13.1. The van der Waals surface area contributed by atoms with Crippen molar-refractivity contribution in [3.8, 4) is 0 Å². The summed E-state index contributed by atoms with van der Waals surface area (Å²) in [6.45, 7) is 0. The molecule has 2 aliphatic heterocycles. The highest BCUT2D eigenvalue weighted by Crippen LogP contribution is 2.51. The van der Waals surface area contributed by atoms with Gasteiger partial charge in [-0.25, -0.2) is 0 Å². The molecule has 6 nitrogen and oxygen atoms in total. The van der Waals surface area contributed by atoms with E-state index in [0.717, 1.165) is 53.9 Å². The van der Waals surface area contributed by atoms with Crippen LogP contribution in [0.4, 0.5) is 0 Å². The smallest absolute Gasteiger partial charge is 0.261 e. The predicted octanol–water partition coefficient (Wildman–Crippen LogP) is 6.50. The minimum absolute atomic E-state index is 0.322. The molecule has 0 fully saturated rings. The lowest BCUT2D eigenvalue weighted by molar-refractivity contribution is 0.0636. The van der Waals surface area contributed by atoms with Crippen LogP contribution in [0, 0.1) is 0 Å². The van der Waals surface area contributed by atoms with E-state index in [4.69, 9.17) is 0 Å². The molecule has 7 aromatic rings. The Bertz CT molecular complexity index is 2270. The van der Waals surface area contributed by atoms with Gasteiger partial charge in [0.25, 0.3) is 23.6 Å². The zero-order valence-electron chi connectivity index (χ0n) is 21.5. The SMILES string of the molecule is CN1C(=O)c2ccc3c4ccc5c6c(c7ccccc7c(c64)c4c6ccccc6c(c2c34)C1=O)C(=O)N(C)C5=O. The number of benzene rings is 7. The summed E-state index contributed by atoms with van der Waals surface area (Å²) in [5, 5.41) is 9.95. The van der Waals surface area contributed by atoms with Gasteiger partial charge in [-0.15, -0.1) is 0 Å². The number of rotatable bonds is 0. The summed E-state index contributed by atoms with van der Waals surface area (Å²) in [6, 6.07) is 23.1. The molecule has 9 rings (SSSR count). The van der Waals surface area contributed by atoms with Crippen molar-refractivity contribution in [1.29, 1.82) is 0 Å². The molecule has 188 valence electrons. The van der Waals surface area contributed by atoms with Gasteiger partial charge in [-0.1, -0.05) is 60.7 Å². The number of fused-ring (bicyclic) bond motifs is 8. The first kappa shape index (κ1) is 21.6. The average Bonchev–Trinajstić information content (AvgIpc) is 2.98. The van der Waals surface area contributed by atoms with Gasteiger partial charge in [-0.3, -0.25) is 29.0 Å². The van der Waals surface area contributed by atoms with E-state index >= 15 is 0 Å². The van der Waals surface area contributed by atoms with Gasteiger partial charge in [-0.2, -0.15) is 0 Å². The Morgan fingerprint density at radius 2 is 0.700 bits per heavy atom. The molecule has 0 aliphatic carbocycles. The van der Waals surface area contributed by atoms with E-state index in [9.17, 15) is 19.2 Å². The highest BCUT2D eigenvalue weighted by Gasteiger charge is 2.37. The molecule has 4 amide bonds. The summed E-state index contributed by atoms with van der Waals surface area (Å²) in [5.41, 5.74) is 2.04. The van der Waals surface area contributed by atoms with Crippen molar-refractivity contribution in [3.05, 3.63) is 95.1 Å². The first-order chi connectivity index (χ1) is 19.4. The predicted molar refractivity (Wildman–Crippen MR) is 156 cm³/mol. The van der Waals surface area contributed by atoms with Crippen LogP contribution in [0.3, 0.4) is 0 Å². The molecule has 2 heterocycles. The number of carbonyl (C=O) groups excluding carboxylic acids is 4. The Balaban J connectivity index is 1.72. The summed E-state index contributed by atoms with van der Waals surface area (Å²) in [6.07, 6.45) is 0. The topological polar surface area (TPSA) is 74.8 Å². The van der Waals surface area contributed by atoms with Crippen LogP contribution in [-0.4, -0.2) is 47.5 Å². The lowest BCUT2D eigenvalue weighted by atomic mass is 9.78. The van der Waals surface area contributed by atoms with Gasteiger partial charge in [0.05, 0.1) is 11.1 Å². The fraction of sp³-hybridized carbons (Fsp3) is 0.0588. The Morgan fingerprint density at radius 3 is 1.10 bits per heavy atom. The molecule has 7 aromatic carbocycles. The molecular formula is C34H18N2O4. The third-order valence-corrected chi connectivity index (χ3v) is 8.99. The maximum atomic E-state index is 13.7. The zero-order chi connectivity index (χ0) is 27.2. The number of hydrogen-bond donors (Lipinski definition) is 0. The van der Waals surface area contributed by atoms with Gasteiger partial charge in [0.1, 0.15) is 0 Å². The van der Waals surface area contributed by atoms with E-state index < -0.39 is 0 Å². The van der Waals surface area contributed by atoms with Crippen LogP contribution in [-0.2, 0) is 0 Å². The molecule has 0 atom stereocenters. The number of imide groups is 2. The molecule has 0 aromatic heterocycles. The van der Waals surface area contributed by atoms with Crippen molar-refractivity contribution in [2.24, 2.45) is 0 Å². The Morgan fingerprint density at radius 1 is 0.375 bits per heavy atom. The highest BCUT2D eigenvalue weighted by molar-refractivity contribution is 6.49. The van der Waals surface area contributed by atoms with Crippen molar-refractivity contribution >= 4 is 88.3 Å². The Kier molecular flexibility index (Phi) is 3.66. The van der Waals surface area contributed by atoms with E-state index in [2.05, 4.69) is 0 Å². The fourth-order valence-electron chi connectivity index (χ4n) is 7.27. The van der Waals surface area contributed by atoms with Crippen LogP contribution in [0.2, 0.25) is 0 Å². The van der Waals surface area contributed by atoms with Crippen LogP contribution in [0.1, 0.15) is 41.4 Å². The van der Waals surface area contributed by atoms with Gasteiger partial charge < -0.3 is 0 Å². The van der Waals surface area contributed by atoms with Gasteiger partial charge >= 0.3 is 0 Å². The molecule has 0 unspecified atom stereocenters. The third kappa shape index (κ3) is 2.17. The number of amides is 4. The summed E-state index contributed by atoms with van der Waals surface area (Å²) in [7, 11) is 3.05. The zero-order valence-corrected chi connectivity index (χ0v) is 21.5. The van der Waals surface area contributed by atoms with Crippen molar-refractivity contribution in [2.75, 3.05) is 14.1 Å². The van der Waals surface area contributed by atoms with Gasteiger partial charge in [0.15, 0.2) is 0 Å². The minimum atomic E-state index is -0.328. The second kappa shape index (κ2) is 6.79. The number of hydrogen-bond acceptors (Lipinski definition) is 4. The Labute approximate surface area is 226 Å². The van der Waals surface area contributed by atoms with Crippen LogP contribution in [0.15, 0.2) is 72.8 Å². The van der Waals surface area contributed by atoms with Gasteiger partial charge in [0, 0.05) is 36.0 Å². The van der Waals surface area contributed by atoms with Crippen molar-refractivity contribution in [1.82, 2.24) is 9.80 Å². The van der Waals surface area contributed by atoms with E-state index in [1.54, 1.807) is 12.1 Å². The van der Waals surface area contributed by atoms with Crippen molar-refractivity contribution in [3.63, 3.8) is 0 Å². The van der Waals surface area contributed by atoms with Gasteiger partial charge in [-0.05, 0) is 66.0 Å². The lowest BCUT2D eigenvalue weighted by Crippen LogP contribution is -2.37. The summed E-state index contributed by atoms with van der Waals surface area (Å²) in [5.74, 6) is -1.30. The molecule has 0 bridgehead atoms.